The Morgan fingerprint density at radius 1 is 1.18 bits per heavy atom. The summed E-state index contributed by atoms with van der Waals surface area (Å²) in [4.78, 5) is 16.4. The Morgan fingerprint density at radius 2 is 1.88 bits per heavy atom. The topological polar surface area (TPSA) is 53.6 Å². The molecule has 0 unspecified atom stereocenters. The summed E-state index contributed by atoms with van der Waals surface area (Å²) in [6.45, 7) is 15.1. The van der Waals surface area contributed by atoms with Crippen LogP contribution in [0.2, 0.25) is 27.5 Å². The third kappa shape index (κ3) is 7.70. The number of nitrogens with one attached hydrogen (secondary N) is 2. The lowest BCUT2D eigenvalue weighted by molar-refractivity contribution is 0.163. The fraction of sp³-hybridized carbons (Fsp3) is 0.560. The Morgan fingerprint density at radius 3 is 2.50 bits per heavy atom. The molecular weight excluding hydrogens is 505 g/mol. The van der Waals surface area contributed by atoms with Crippen molar-refractivity contribution in [3.8, 4) is 0 Å². The van der Waals surface area contributed by atoms with Crippen LogP contribution in [0.1, 0.15) is 44.4 Å². The third-order valence-electron chi connectivity index (χ3n) is 6.96. The van der Waals surface area contributed by atoms with E-state index in [9.17, 15) is 4.79 Å². The summed E-state index contributed by atoms with van der Waals surface area (Å²) in [6.07, 6.45) is 1.90. The molecule has 2 atom stereocenters. The molecule has 2 heterocycles. The van der Waals surface area contributed by atoms with Gasteiger partial charge in [0.25, 0.3) is 0 Å². The van der Waals surface area contributed by atoms with Gasteiger partial charge in [-0.25, -0.2) is 4.79 Å². The van der Waals surface area contributed by atoms with Gasteiger partial charge in [0.1, 0.15) is 0 Å². The number of carbonyl (C=O) groups excluding carboxylic acids is 1. The van der Waals surface area contributed by atoms with Crippen LogP contribution < -0.4 is 10.6 Å². The number of benzene rings is 1. The zero-order chi connectivity index (χ0) is 24.9. The molecule has 0 saturated carbocycles. The Balaban J connectivity index is 1.57. The second-order valence-corrected chi connectivity index (χ2v) is 17.5. The minimum Gasteiger partial charge on any atom is -0.417 e. The minimum absolute atomic E-state index is 0.0433. The molecule has 1 aliphatic rings. The van der Waals surface area contributed by atoms with Crippen LogP contribution in [0.5, 0.6) is 0 Å². The van der Waals surface area contributed by atoms with Crippen molar-refractivity contribution in [1.29, 1.82) is 0 Å². The van der Waals surface area contributed by atoms with E-state index in [0.29, 0.717) is 5.02 Å². The second-order valence-electron chi connectivity index (χ2n) is 10.5. The molecule has 0 bridgehead atoms. The number of likely N-dealkylation sites (tertiary alicyclic amines) is 1. The first-order chi connectivity index (χ1) is 15.9. The van der Waals surface area contributed by atoms with Gasteiger partial charge in [-0.15, -0.1) is 11.3 Å². The Labute approximate surface area is 219 Å². The molecule has 2 aromatic rings. The highest BCUT2D eigenvalue weighted by molar-refractivity contribution is 7.16. The van der Waals surface area contributed by atoms with E-state index in [2.05, 4.69) is 55.5 Å². The highest BCUT2D eigenvalue weighted by Gasteiger charge is 2.37. The summed E-state index contributed by atoms with van der Waals surface area (Å²) in [6, 6.07) is 11.0. The van der Waals surface area contributed by atoms with Crippen LogP contribution in [0.15, 0.2) is 36.4 Å². The Bertz CT molecular complexity index is 946. The standard InChI is InChI=1S/C25H37Cl2N3O2SSi/c1-25(2,3)34(4,5)32-16-6-14-30-15-13-21(20(17-30)22-11-12-23(27)33-22)29-24(31)28-19-9-7-18(26)8-10-19/h7-12,20-21H,6,13-17H2,1-5H3,(H2,28,29,31)/t20-,21-/m1/s1. The molecule has 0 spiro atoms. The van der Waals surface area contributed by atoms with E-state index in [0.717, 1.165) is 49.1 Å². The fourth-order valence-electron chi connectivity index (χ4n) is 3.91. The first-order valence-corrected chi connectivity index (χ1v) is 16.4. The number of hydrogen-bond acceptors (Lipinski definition) is 4. The zero-order valence-electron chi connectivity index (χ0n) is 20.8. The summed E-state index contributed by atoms with van der Waals surface area (Å²) in [5.74, 6) is 0.198. The van der Waals surface area contributed by atoms with Crippen molar-refractivity contribution in [2.24, 2.45) is 0 Å². The van der Waals surface area contributed by atoms with Crippen LogP contribution >= 0.6 is 34.5 Å². The maximum Gasteiger partial charge on any atom is 0.319 e. The van der Waals surface area contributed by atoms with E-state index < -0.39 is 8.32 Å². The Kier molecular flexibility index (Phi) is 9.51. The van der Waals surface area contributed by atoms with Crippen LogP contribution in [0.4, 0.5) is 10.5 Å². The molecule has 1 fully saturated rings. The lowest BCUT2D eigenvalue weighted by Crippen LogP contribution is -2.50. The summed E-state index contributed by atoms with van der Waals surface area (Å²) in [5.41, 5.74) is 0.719. The summed E-state index contributed by atoms with van der Waals surface area (Å²) >= 11 is 13.8. The van der Waals surface area contributed by atoms with E-state index in [1.807, 2.05) is 6.07 Å². The Hall–Kier alpha value is -1.09. The van der Waals surface area contributed by atoms with Crippen LogP contribution in [-0.4, -0.2) is 51.5 Å². The number of thiophene rings is 1. The van der Waals surface area contributed by atoms with E-state index >= 15 is 0 Å². The van der Waals surface area contributed by atoms with Gasteiger partial charge in [0.05, 0.1) is 4.34 Å². The van der Waals surface area contributed by atoms with E-state index in [1.54, 1.807) is 35.6 Å². The summed E-state index contributed by atoms with van der Waals surface area (Å²) < 4.78 is 7.14. The maximum absolute atomic E-state index is 12.7. The van der Waals surface area contributed by atoms with Gasteiger partial charge >= 0.3 is 6.03 Å². The average Bonchev–Trinajstić information content (AvgIpc) is 3.19. The molecule has 0 radical (unpaired) electrons. The number of nitrogens with zero attached hydrogens (tertiary/aromatic N) is 1. The monoisotopic (exact) mass is 541 g/mol. The van der Waals surface area contributed by atoms with Crippen molar-refractivity contribution in [2.75, 3.05) is 31.6 Å². The molecule has 9 heteroatoms. The number of amides is 2. The number of halogens is 2. The number of hydrogen-bond donors (Lipinski definition) is 2. The van der Waals surface area contributed by atoms with Crippen molar-refractivity contribution in [2.45, 2.75) is 63.7 Å². The van der Waals surface area contributed by atoms with Gasteiger partial charge < -0.3 is 20.0 Å². The van der Waals surface area contributed by atoms with Crippen molar-refractivity contribution >= 4 is 54.6 Å². The second kappa shape index (κ2) is 11.8. The maximum atomic E-state index is 12.7. The van der Waals surface area contributed by atoms with E-state index in [1.165, 1.54) is 4.88 Å². The van der Waals surface area contributed by atoms with Crippen LogP contribution in [0.25, 0.3) is 0 Å². The lowest BCUT2D eigenvalue weighted by atomic mass is 9.90. The van der Waals surface area contributed by atoms with Gasteiger partial charge in [0, 0.05) is 53.8 Å². The largest absolute Gasteiger partial charge is 0.417 e. The molecule has 1 aliphatic heterocycles. The molecule has 1 saturated heterocycles. The SMILES string of the molecule is CC(C)(C)[Si](C)(C)OCCCN1CC[C@@H](NC(=O)Nc2ccc(Cl)cc2)[C@H](c2ccc(Cl)s2)C1. The van der Waals surface area contributed by atoms with Crippen molar-refractivity contribution in [3.05, 3.63) is 50.6 Å². The zero-order valence-corrected chi connectivity index (χ0v) is 24.1. The average molecular weight is 543 g/mol. The normalized spacial score (nSPS) is 19.7. The molecule has 0 aliphatic carbocycles. The molecule has 2 N–H and O–H groups in total. The molecule has 1 aromatic carbocycles. The molecule has 3 rings (SSSR count). The number of rotatable bonds is 8. The van der Waals surface area contributed by atoms with Gasteiger partial charge in [0.15, 0.2) is 8.32 Å². The highest BCUT2D eigenvalue weighted by Crippen LogP contribution is 2.37. The van der Waals surface area contributed by atoms with Crippen molar-refractivity contribution in [3.63, 3.8) is 0 Å². The molecule has 34 heavy (non-hydrogen) atoms. The van der Waals surface area contributed by atoms with Gasteiger partial charge in [-0.05, 0) is 67.4 Å². The number of anilines is 1. The smallest absolute Gasteiger partial charge is 0.319 e. The molecular formula is C25H37Cl2N3O2SSi. The molecule has 2 amide bonds. The van der Waals surface area contributed by atoms with Crippen molar-refractivity contribution < 1.29 is 9.22 Å². The minimum atomic E-state index is -1.71. The van der Waals surface area contributed by atoms with Crippen LogP contribution in [0, 0.1) is 0 Å². The number of carbonyl (C=O) groups is 1. The first-order valence-electron chi connectivity index (χ1n) is 11.9. The van der Waals surface area contributed by atoms with Gasteiger partial charge in [-0.2, -0.15) is 0 Å². The molecule has 5 nitrogen and oxygen atoms in total. The fourth-order valence-corrected chi connectivity index (χ4v) is 6.34. The number of piperidine rings is 1. The molecule has 188 valence electrons. The lowest BCUT2D eigenvalue weighted by Gasteiger charge is -2.39. The van der Waals surface area contributed by atoms with E-state index in [-0.39, 0.29) is 23.0 Å². The summed E-state index contributed by atoms with van der Waals surface area (Å²) in [5, 5.41) is 6.98. The third-order valence-corrected chi connectivity index (χ3v) is 13.1. The quantitative estimate of drug-likeness (QED) is 0.269. The summed E-state index contributed by atoms with van der Waals surface area (Å²) in [7, 11) is -1.71. The van der Waals surface area contributed by atoms with Crippen LogP contribution in [0.3, 0.4) is 0 Å². The van der Waals surface area contributed by atoms with E-state index in [4.69, 9.17) is 27.6 Å². The first kappa shape index (κ1) is 27.5. The van der Waals surface area contributed by atoms with Gasteiger partial charge in [-0.3, -0.25) is 0 Å². The predicted octanol–water partition coefficient (Wildman–Crippen LogP) is 7.45. The highest BCUT2D eigenvalue weighted by atomic mass is 35.5. The molecule has 1 aromatic heterocycles. The van der Waals surface area contributed by atoms with Gasteiger partial charge in [-0.1, -0.05) is 44.0 Å². The van der Waals surface area contributed by atoms with Crippen LogP contribution in [-0.2, 0) is 4.43 Å². The van der Waals surface area contributed by atoms with Gasteiger partial charge in [0.2, 0.25) is 0 Å². The van der Waals surface area contributed by atoms with Crippen molar-refractivity contribution in [1.82, 2.24) is 10.2 Å². The number of urea groups is 1. The predicted molar refractivity (Wildman–Crippen MR) is 148 cm³/mol.